The zero-order valence-electron chi connectivity index (χ0n) is 12.3. The van der Waals surface area contributed by atoms with Gasteiger partial charge in [-0.15, -0.1) is 0 Å². The van der Waals surface area contributed by atoms with Gasteiger partial charge in [0.2, 0.25) is 0 Å². The van der Waals surface area contributed by atoms with Gasteiger partial charge in [0.15, 0.2) is 11.5 Å². The average Bonchev–Trinajstić information content (AvgIpc) is 2.54. The number of carbonyl (C=O) groups is 2. The number of ether oxygens (including phenoxy) is 3. The topological polar surface area (TPSA) is 61.8 Å². The molecule has 7 heteroatoms. The third-order valence-corrected chi connectivity index (χ3v) is 3.25. The number of esters is 2. The van der Waals surface area contributed by atoms with Crippen molar-refractivity contribution < 1.29 is 28.2 Å². The van der Waals surface area contributed by atoms with Crippen molar-refractivity contribution in [3.05, 3.63) is 58.4 Å². The zero-order valence-corrected chi connectivity index (χ0v) is 13.0. The van der Waals surface area contributed by atoms with Crippen LogP contribution in [0.1, 0.15) is 20.7 Å². The molecule has 2 aromatic carbocycles. The Bertz CT molecular complexity index is 760. The van der Waals surface area contributed by atoms with Crippen LogP contribution in [0.25, 0.3) is 0 Å². The standard InChI is InChI=1S/C16H12ClFO5/c1-21-14-7-9(15(19)22-2)3-6-13(14)23-16(20)11-5-4-10(18)8-12(11)17/h3-8H,1-2H3. The van der Waals surface area contributed by atoms with E-state index < -0.39 is 17.8 Å². The lowest BCUT2D eigenvalue weighted by Gasteiger charge is -2.11. The quantitative estimate of drug-likeness (QED) is 0.630. The van der Waals surface area contributed by atoms with Crippen molar-refractivity contribution in [2.45, 2.75) is 0 Å². The third-order valence-electron chi connectivity index (χ3n) is 2.94. The summed E-state index contributed by atoms with van der Waals surface area (Å²) in [7, 11) is 2.61. The van der Waals surface area contributed by atoms with Gasteiger partial charge in [-0.3, -0.25) is 0 Å². The molecule has 0 radical (unpaired) electrons. The largest absolute Gasteiger partial charge is 0.493 e. The lowest BCUT2D eigenvalue weighted by molar-refractivity contribution is 0.0600. The SMILES string of the molecule is COC(=O)c1ccc(OC(=O)c2ccc(F)cc2Cl)c(OC)c1. The first-order valence-corrected chi connectivity index (χ1v) is 6.77. The van der Waals surface area contributed by atoms with Crippen LogP contribution in [0.15, 0.2) is 36.4 Å². The third kappa shape index (κ3) is 3.78. The molecule has 0 unspecified atom stereocenters. The van der Waals surface area contributed by atoms with E-state index in [0.717, 1.165) is 12.1 Å². The highest BCUT2D eigenvalue weighted by Crippen LogP contribution is 2.30. The summed E-state index contributed by atoms with van der Waals surface area (Å²) >= 11 is 5.82. The van der Waals surface area contributed by atoms with E-state index in [-0.39, 0.29) is 27.6 Å². The summed E-state index contributed by atoms with van der Waals surface area (Å²) in [6.07, 6.45) is 0. The fraction of sp³-hybridized carbons (Fsp3) is 0.125. The fourth-order valence-electron chi connectivity index (χ4n) is 1.81. The lowest BCUT2D eigenvalue weighted by Crippen LogP contribution is -2.10. The number of halogens is 2. The molecule has 5 nitrogen and oxygen atoms in total. The van der Waals surface area contributed by atoms with Crippen LogP contribution < -0.4 is 9.47 Å². The monoisotopic (exact) mass is 338 g/mol. The van der Waals surface area contributed by atoms with Crippen molar-refractivity contribution in [2.75, 3.05) is 14.2 Å². The van der Waals surface area contributed by atoms with Crippen molar-refractivity contribution >= 4 is 23.5 Å². The summed E-state index contributed by atoms with van der Waals surface area (Å²) in [6.45, 7) is 0. The molecule has 2 rings (SSSR count). The summed E-state index contributed by atoms with van der Waals surface area (Å²) in [5, 5.41) is -0.0693. The van der Waals surface area contributed by atoms with Crippen molar-refractivity contribution in [1.82, 2.24) is 0 Å². The van der Waals surface area contributed by atoms with Gasteiger partial charge in [-0.1, -0.05) is 11.6 Å². The Morgan fingerprint density at radius 2 is 1.74 bits per heavy atom. The van der Waals surface area contributed by atoms with Crippen LogP contribution in [0, 0.1) is 5.82 Å². The molecule has 23 heavy (non-hydrogen) atoms. The van der Waals surface area contributed by atoms with E-state index in [1.807, 2.05) is 0 Å². The Kier molecular flexibility index (Phi) is 5.18. The average molecular weight is 339 g/mol. The van der Waals surface area contributed by atoms with Crippen LogP contribution in [0.5, 0.6) is 11.5 Å². The Labute approximate surface area is 136 Å². The second kappa shape index (κ2) is 7.11. The minimum Gasteiger partial charge on any atom is -0.493 e. The van der Waals surface area contributed by atoms with Gasteiger partial charge in [0.25, 0.3) is 0 Å². The van der Waals surface area contributed by atoms with Crippen LogP contribution in [-0.2, 0) is 4.74 Å². The van der Waals surface area contributed by atoms with Gasteiger partial charge in [-0.05, 0) is 36.4 Å². The Morgan fingerprint density at radius 3 is 2.35 bits per heavy atom. The predicted molar refractivity (Wildman–Crippen MR) is 80.7 cm³/mol. The van der Waals surface area contributed by atoms with Gasteiger partial charge in [-0.2, -0.15) is 0 Å². The van der Waals surface area contributed by atoms with Gasteiger partial charge in [0.1, 0.15) is 5.82 Å². The highest BCUT2D eigenvalue weighted by Gasteiger charge is 2.17. The predicted octanol–water partition coefficient (Wildman–Crippen LogP) is 3.49. The molecule has 0 aliphatic carbocycles. The summed E-state index contributed by atoms with van der Waals surface area (Å²) < 4.78 is 27.9. The molecule has 0 N–H and O–H groups in total. The number of carbonyl (C=O) groups excluding carboxylic acids is 2. The molecule has 0 atom stereocenters. The molecule has 0 aliphatic heterocycles. The van der Waals surface area contributed by atoms with E-state index in [0.29, 0.717) is 0 Å². The molecule has 0 saturated heterocycles. The molecule has 0 fully saturated rings. The van der Waals surface area contributed by atoms with Gasteiger partial charge >= 0.3 is 11.9 Å². The molecule has 0 aromatic heterocycles. The zero-order chi connectivity index (χ0) is 17.0. The second-order valence-electron chi connectivity index (χ2n) is 4.37. The Balaban J connectivity index is 2.28. The van der Waals surface area contributed by atoms with Crippen LogP contribution in [-0.4, -0.2) is 26.2 Å². The van der Waals surface area contributed by atoms with E-state index in [2.05, 4.69) is 4.74 Å². The van der Waals surface area contributed by atoms with Crippen molar-refractivity contribution in [3.8, 4) is 11.5 Å². The van der Waals surface area contributed by atoms with Gasteiger partial charge in [0, 0.05) is 0 Å². The number of benzene rings is 2. The van der Waals surface area contributed by atoms with E-state index >= 15 is 0 Å². The van der Waals surface area contributed by atoms with Crippen molar-refractivity contribution in [3.63, 3.8) is 0 Å². The van der Waals surface area contributed by atoms with E-state index in [1.54, 1.807) is 0 Å². The van der Waals surface area contributed by atoms with Gasteiger partial charge < -0.3 is 14.2 Å². The molecular formula is C16H12ClFO5. The maximum absolute atomic E-state index is 13.0. The maximum atomic E-state index is 13.0. The molecule has 0 aliphatic rings. The van der Waals surface area contributed by atoms with Crippen LogP contribution in [0.2, 0.25) is 5.02 Å². The Morgan fingerprint density at radius 1 is 1.00 bits per heavy atom. The van der Waals surface area contributed by atoms with Gasteiger partial charge in [-0.25, -0.2) is 14.0 Å². The lowest BCUT2D eigenvalue weighted by atomic mass is 10.2. The number of methoxy groups -OCH3 is 2. The highest BCUT2D eigenvalue weighted by atomic mass is 35.5. The number of hydrogen-bond acceptors (Lipinski definition) is 5. The Hall–Kier alpha value is -2.60. The molecule has 0 heterocycles. The fourth-order valence-corrected chi connectivity index (χ4v) is 2.05. The summed E-state index contributed by atoms with van der Waals surface area (Å²) in [6, 6.07) is 7.51. The van der Waals surface area contributed by atoms with Gasteiger partial charge in [0.05, 0.1) is 30.4 Å². The number of hydrogen-bond donors (Lipinski definition) is 0. The highest BCUT2D eigenvalue weighted by molar-refractivity contribution is 6.33. The molecular weight excluding hydrogens is 327 g/mol. The molecule has 0 saturated carbocycles. The van der Waals surface area contributed by atoms with E-state index in [1.165, 1.54) is 38.5 Å². The summed E-state index contributed by atoms with van der Waals surface area (Å²) in [5.74, 6) is -1.64. The molecule has 0 amide bonds. The first kappa shape index (κ1) is 16.8. The summed E-state index contributed by atoms with van der Waals surface area (Å²) in [4.78, 5) is 23.6. The van der Waals surface area contributed by atoms with E-state index in [9.17, 15) is 14.0 Å². The minimum absolute atomic E-state index is 0.00663. The normalized spacial score (nSPS) is 10.1. The second-order valence-corrected chi connectivity index (χ2v) is 4.78. The molecule has 0 bridgehead atoms. The smallest absolute Gasteiger partial charge is 0.345 e. The minimum atomic E-state index is -0.779. The summed E-state index contributed by atoms with van der Waals surface area (Å²) in [5.41, 5.74) is 0.246. The molecule has 2 aromatic rings. The van der Waals surface area contributed by atoms with Crippen molar-refractivity contribution in [1.29, 1.82) is 0 Å². The molecule has 120 valence electrons. The van der Waals surface area contributed by atoms with Crippen LogP contribution in [0.3, 0.4) is 0 Å². The maximum Gasteiger partial charge on any atom is 0.345 e. The molecule has 0 spiro atoms. The van der Waals surface area contributed by atoms with Crippen LogP contribution >= 0.6 is 11.6 Å². The van der Waals surface area contributed by atoms with Crippen molar-refractivity contribution in [2.24, 2.45) is 0 Å². The number of rotatable bonds is 4. The van der Waals surface area contributed by atoms with E-state index in [4.69, 9.17) is 21.1 Å². The first-order chi connectivity index (χ1) is 11.0. The van der Waals surface area contributed by atoms with Crippen LogP contribution in [0.4, 0.5) is 4.39 Å². The first-order valence-electron chi connectivity index (χ1n) is 6.40.